The van der Waals surface area contributed by atoms with E-state index in [-0.39, 0.29) is 0 Å². The zero-order chi connectivity index (χ0) is 13.2. The van der Waals surface area contributed by atoms with Gasteiger partial charge in [-0.05, 0) is 51.6 Å². The van der Waals surface area contributed by atoms with Gasteiger partial charge < -0.3 is 5.32 Å². The SMILES string of the molecule is CC1CCNC(CN2CC3CCCCN3CC2C)C1. The van der Waals surface area contributed by atoms with E-state index in [1.165, 1.54) is 64.8 Å². The summed E-state index contributed by atoms with van der Waals surface area (Å²) >= 11 is 0. The lowest BCUT2D eigenvalue weighted by Crippen LogP contribution is -2.61. The zero-order valence-electron chi connectivity index (χ0n) is 12.8. The molecular formula is C16H31N3. The Balaban J connectivity index is 1.55. The molecule has 4 unspecified atom stereocenters. The number of piperidine rings is 2. The molecule has 0 radical (unpaired) electrons. The molecular weight excluding hydrogens is 234 g/mol. The lowest BCUT2D eigenvalue weighted by atomic mass is 9.92. The summed E-state index contributed by atoms with van der Waals surface area (Å²) in [5, 5.41) is 3.73. The molecule has 3 nitrogen and oxygen atoms in total. The summed E-state index contributed by atoms with van der Waals surface area (Å²) in [5.74, 6) is 0.914. The van der Waals surface area contributed by atoms with Crippen molar-refractivity contribution in [1.82, 2.24) is 15.1 Å². The van der Waals surface area contributed by atoms with Crippen LogP contribution in [0.3, 0.4) is 0 Å². The molecule has 1 N–H and O–H groups in total. The van der Waals surface area contributed by atoms with Crippen molar-refractivity contribution in [2.24, 2.45) is 5.92 Å². The van der Waals surface area contributed by atoms with E-state index in [2.05, 4.69) is 29.0 Å². The molecule has 0 aromatic carbocycles. The van der Waals surface area contributed by atoms with Crippen LogP contribution in [0.2, 0.25) is 0 Å². The van der Waals surface area contributed by atoms with Crippen molar-refractivity contribution in [2.45, 2.75) is 64.1 Å². The van der Waals surface area contributed by atoms with Gasteiger partial charge in [-0.2, -0.15) is 0 Å². The van der Waals surface area contributed by atoms with Gasteiger partial charge >= 0.3 is 0 Å². The first-order valence-corrected chi connectivity index (χ1v) is 8.44. The summed E-state index contributed by atoms with van der Waals surface area (Å²) in [6.07, 6.45) is 7.03. The van der Waals surface area contributed by atoms with Gasteiger partial charge in [0.1, 0.15) is 0 Å². The maximum Gasteiger partial charge on any atom is 0.0223 e. The largest absolute Gasteiger partial charge is 0.313 e. The molecule has 0 aromatic heterocycles. The fourth-order valence-corrected chi connectivity index (χ4v) is 4.31. The molecule has 0 saturated carbocycles. The van der Waals surface area contributed by atoms with Gasteiger partial charge in [0, 0.05) is 37.8 Å². The van der Waals surface area contributed by atoms with E-state index in [0.717, 1.165) is 24.0 Å². The maximum atomic E-state index is 3.73. The normalized spacial score (nSPS) is 42.0. The molecule has 0 spiro atoms. The number of rotatable bonds is 2. The van der Waals surface area contributed by atoms with Crippen molar-refractivity contribution in [2.75, 3.05) is 32.7 Å². The Hall–Kier alpha value is -0.120. The average molecular weight is 265 g/mol. The first-order valence-electron chi connectivity index (χ1n) is 8.44. The van der Waals surface area contributed by atoms with Crippen LogP contribution >= 0.6 is 0 Å². The number of nitrogens with one attached hydrogen (secondary N) is 1. The second kappa shape index (κ2) is 6.11. The van der Waals surface area contributed by atoms with Gasteiger partial charge in [0.25, 0.3) is 0 Å². The highest BCUT2D eigenvalue weighted by Crippen LogP contribution is 2.25. The topological polar surface area (TPSA) is 18.5 Å². The van der Waals surface area contributed by atoms with Gasteiger partial charge in [-0.15, -0.1) is 0 Å². The molecule has 19 heavy (non-hydrogen) atoms. The average Bonchev–Trinajstić information content (AvgIpc) is 2.40. The molecule has 3 saturated heterocycles. The molecule has 110 valence electrons. The Morgan fingerprint density at radius 1 is 1.11 bits per heavy atom. The molecule has 4 atom stereocenters. The Kier molecular flexibility index (Phi) is 4.45. The number of hydrogen-bond donors (Lipinski definition) is 1. The summed E-state index contributed by atoms with van der Waals surface area (Å²) in [5.41, 5.74) is 0. The number of fused-ring (bicyclic) bond motifs is 1. The third-order valence-corrected chi connectivity index (χ3v) is 5.53. The summed E-state index contributed by atoms with van der Waals surface area (Å²) in [6.45, 7) is 11.3. The summed E-state index contributed by atoms with van der Waals surface area (Å²) in [4.78, 5) is 5.52. The van der Waals surface area contributed by atoms with E-state index in [1.54, 1.807) is 0 Å². The van der Waals surface area contributed by atoms with Crippen molar-refractivity contribution in [3.05, 3.63) is 0 Å². The van der Waals surface area contributed by atoms with E-state index in [4.69, 9.17) is 0 Å². The Bertz CT molecular complexity index is 294. The molecule has 0 amide bonds. The molecule has 3 heterocycles. The molecule has 3 fully saturated rings. The molecule has 0 bridgehead atoms. The molecule has 3 aliphatic rings. The van der Waals surface area contributed by atoms with Gasteiger partial charge in [-0.25, -0.2) is 0 Å². The van der Waals surface area contributed by atoms with Gasteiger partial charge in [0.05, 0.1) is 0 Å². The van der Waals surface area contributed by atoms with Crippen LogP contribution in [0.4, 0.5) is 0 Å². The van der Waals surface area contributed by atoms with E-state index in [9.17, 15) is 0 Å². The standard InChI is InChI=1S/C16H31N3/c1-13-6-7-17-15(9-13)11-19-12-16-5-3-4-8-18(16)10-14(19)2/h13-17H,3-12H2,1-2H3. The smallest absolute Gasteiger partial charge is 0.0223 e. The third-order valence-electron chi connectivity index (χ3n) is 5.53. The van der Waals surface area contributed by atoms with Crippen molar-refractivity contribution in [1.29, 1.82) is 0 Å². The van der Waals surface area contributed by atoms with E-state index in [0.29, 0.717) is 0 Å². The summed E-state index contributed by atoms with van der Waals surface area (Å²) < 4.78 is 0. The molecule has 3 heteroatoms. The van der Waals surface area contributed by atoms with Crippen LogP contribution in [0.1, 0.15) is 46.0 Å². The maximum absolute atomic E-state index is 3.73. The Morgan fingerprint density at radius 3 is 2.84 bits per heavy atom. The minimum absolute atomic E-state index is 0.737. The third kappa shape index (κ3) is 3.32. The van der Waals surface area contributed by atoms with Crippen molar-refractivity contribution in [3.8, 4) is 0 Å². The highest BCUT2D eigenvalue weighted by molar-refractivity contribution is 4.91. The van der Waals surface area contributed by atoms with E-state index >= 15 is 0 Å². The molecule has 3 aliphatic heterocycles. The lowest BCUT2D eigenvalue weighted by molar-refractivity contribution is 0.00831. The van der Waals surface area contributed by atoms with Crippen LogP contribution in [0.5, 0.6) is 0 Å². The minimum Gasteiger partial charge on any atom is -0.313 e. The second-order valence-electron chi connectivity index (χ2n) is 7.23. The predicted octanol–water partition coefficient (Wildman–Crippen LogP) is 1.93. The van der Waals surface area contributed by atoms with Gasteiger partial charge in [0.15, 0.2) is 0 Å². The second-order valence-corrected chi connectivity index (χ2v) is 7.23. The summed E-state index contributed by atoms with van der Waals surface area (Å²) in [7, 11) is 0. The van der Waals surface area contributed by atoms with Gasteiger partial charge in [0.2, 0.25) is 0 Å². The number of piperazine rings is 1. The van der Waals surface area contributed by atoms with Crippen LogP contribution in [0, 0.1) is 5.92 Å². The first kappa shape index (κ1) is 13.8. The van der Waals surface area contributed by atoms with Crippen LogP contribution in [0.25, 0.3) is 0 Å². The van der Waals surface area contributed by atoms with Gasteiger partial charge in [-0.1, -0.05) is 13.3 Å². The van der Waals surface area contributed by atoms with Gasteiger partial charge in [-0.3, -0.25) is 9.80 Å². The van der Waals surface area contributed by atoms with Crippen LogP contribution in [-0.4, -0.2) is 60.6 Å². The van der Waals surface area contributed by atoms with Crippen molar-refractivity contribution in [3.63, 3.8) is 0 Å². The quantitative estimate of drug-likeness (QED) is 0.823. The zero-order valence-corrected chi connectivity index (χ0v) is 12.8. The number of nitrogens with zero attached hydrogens (tertiary/aromatic N) is 2. The lowest BCUT2D eigenvalue weighted by Gasteiger charge is -2.48. The summed E-state index contributed by atoms with van der Waals surface area (Å²) in [6, 6.07) is 2.33. The van der Waals surface area contributed by atoms with Crippen molar-refractivity contribution >= 4 is 0 Å². The first-order chi connectivity index (χ1) is 9.22. The monoisotopic (exact) mass is 265 g/mol. The van der Waals surface area contributed by atoms with Crippen molar-refractivity contribution < 1.29 is 0 Å². The van der Waals surface area contributed by atoms with E-state index in [1.807, 2.05) is 0 Å². The van der Waals surface area contributed by atoms with Crippen LogP contribution < -0.4 is 5.32 Å². The fraction of sp³-hybridized carbons (Fsp3) is 1.00. The van der Waals surface area contributed by atoms with Crippen LogP contribution in [0.15, 0.2) is 0 Å². The fourth-order valence-electron chi connectivity index (χ4n) is 4.31. The minimum atomic E-state index is 0.737. The molecule has 0 aliphatic carbocycles. The Labute approximate surface area is 118 Å². The van der Waals surface area contributed by atoms with E-state index < -0.39 is 0 Å². The predicted molar refractivity (Wildman–Crippen MR) is 80.4 cm³/mol. The highest BCUT2D eigenvalue weighted by Gasteiger charge is 2.34. The molecule has 3 rings (SSSR count). The Morgan fingerprint density at radius 2 is 2.00 bits per heavy atom. The highest BCUT2D eigenvalue weighted by atomic mass is 15.3. The van der Waals surface area contributed by atoms with Crippen LogP contribution in [-0.2, 0) is 0 Å². The number of hydrogen-bond acceptors (Lipinski definition) is 3. The molecule has 0 aromatic rings.